The molecule has 5 aromatic rings. The van der Waals surface area contributed by atoms with Gasteiger partial charge in [0.15, 0.2) is 5.82 Å². The van der Waals surface area contributed by atoms with Crippen molar-refractivity contribution in [3.63, 3.8) is 0 Å². The third kappa shape index (κ3) is 5.85. The number of hydrogen-bond donors (Lipinski definition) is 1. The van der Waals surface area contributed by atoms with E-state index in [0.717, 1.165) is 44.7 Å². The lowest BCUT2D eigenvalue weighted by atomic mass is 9.82. The van der Waals surface area contributed by atoms with Crippen molar-refractivity contribution in [2.24, 2.45) is 0 Å². The molecule has 1 aromatic heterocycles. The number of aliphatic hydroxyl groups is 1. The molecule has 5 heteroatoms. The molecule has 39 heavy (non-hydrogen) atoms. The quantitative estimate of drug-likeness (QED) is 0.229. The Morgan fingerprint density at radius 2 is 1.00 bits per heavy atom. The molecule has 0 atom stereocenters. The van der Waals surface area contributed by atoms with Crippen LogP contribution in [-0.2, 0) is 4.65 Å². The molecule has 0 unspecified atom stereocenters. The van der Waals surface area contributed by atoms with E-state index in [4.69, 9.17) is 14.6 Å². The summed E-state index contributed by atoms with van der Waals surface area (Å²) in [6, 6.07) is 38.8. The summed E-state index contributed by atoms with van der Waals surface area (Å²) in [6.45, 7) is 7.25. The van der Waals surface area contributed by atoms with Crippen molar-refractivity contribution in [1.82, 2.24) is 9.97 Å². The van der Waals surface area contributed by atoms with Crippen LogP contribution in [0.25, 0.3) is 45.0 Å². The van der Waals surface area contributed by atoms with E-state index in [2.05, 4.69) is 36.4 Å². The van der Waals surface area contributed by atoms with Crippen LogP contribution in [0.5, 0.6) is 0 Å². The van der Waals surface area contributed by atoms with Crippen LogP contribution in [0.2, 0.25) is 0 Å². The summed E-state index contributed by atoms with van der Waals surface area (Å²) < 4.78 is 5.97. The maximum Gasteiger partial charge on any atom is 0.330 e. The van der Waals surface area contributed by atoms with Crippen molar-refractivity contribution >= 4 is 12.9 Å². The topological polar surface area (TPSA) is 55.2 Å². The minimum absolute atomic E-state index is 0.676. The van der Waals surface area contributed by atoms with E-state index in [0.29, 0.717) is 5.82 Å². The lowest BCUT2D eigenvalue weighted by molar-refractivity contribution is -0.0893. The molecular formula is C34H32BN2O2. The van der Waals surface area contributed by atoms with E-state index in [1.54, 1.807) is 21.3 Å². The molecule has 0 aliphatic carbocycles. The number of hydrogen-bond acceptors (Lipinski definition) is 4. The molecule has 1 N–H and O–H groups in total. The summed E-state index contributed by atoms with van der Waals surface area (Å²) >= 11 is 0. The van der Waals surface area contributed by atoms with Crippen LogP contribution in [0.3, 0.4) is 0 Å². The van der Waals surface area contributed by atoms with Crippen molar-refractivity contribution in [3.05, 3.63) is 115 Å². The van der Waals surface area contributed by atoms with Crippen molar-refractivity contribution in [3.8, 4) is 45.0 Å². The molecule has 0 saturated heterocycles. The van der Waals surface area contributed by atoms with Gasteiger partial charge in [0.05, 0.1) is 22.6 Å². The largest absolute Gasteiger partial charge is 0.427 e. The second-order valence-electron chi connectivity index (χ2n) is 10.6. The molecule has 0 amide bonds. The van der Waals surface area contributed by atoms with Gasteiger partial charge in [-0.3, -0.25) is 0 Å². The molecule has 0 fully saturated rings. The molecule has 0 saturated carbocycles. The predicted octanol–water partition coefficient (Wildman–Crippen LogP) is 6.96. The van der Waals surface area contributed by atoms with E-state index >= 15 is 0 Å². The van der Waals surface area contributed by atoms with Gasteiger partial charge in [-0.25, -0.2) is 9.97 Å². The summed E-state index contributed by atoms with van der Waals surface area (Å²) in [5.41, 5.74) is 5.92. The second-order valence-corrected chi connectivity index (χ2v) is 10.6. The smallest absolute Gasteiger partial charge is 0.330 e. The zero-order valence-corrected chi connectivity index (χ0v) is 22.8. The van der Waals surface area contributed by atoms with E-state index < -0.39 is 11.2 Å². The van der Waals surface area contributed by atoms with Crippen molar-refractivity contribution < 1.29 is 9.76 Å². The first kappa shape index (κ1) is 26.5. The van der Waals surface area contributed by atoms with Crippen LogP contribution >= 0.6 is 0 Å². The first-order valence-corrected chi connectivity index (χ1v) is 13.1. The Hall–Kier alpha value is -4.06. The highest BCUT2D eigenvalue weighted by molar-refractivity contribution is 6.47. The Kier molecular flexibility index (Phi) is 7.47. The third-order valence-corrected chi connectivity index (χ3v) is 7.20. The Balaban J connectivity index is 1.65. The fraction of sp³-hybridized carbons (Fsp3) is 0.176. The van der Waals surface area contributed by atoms with E-state index in [1.807, 2.05) is 92.7 Å². The highest BCUT2D eigenvalue weighted by Gasteiger charge is 2.35. The normalized spacial score (nSPS) is 11.8. The van der Waals surface area contributed by atoms with Gasteiger partial charge in [0.2, 0.25) is 0 Å². The Morgan fingerprint density at radius 3 is 1.49 bits per heavy atom. The molecule has 1 heterocycles. The van der Waals surface area contributed by atoms with Gasteiger partial charge < -0.3 is 9.76 Å². The van der Waals surface area contributed by atoms with Crippen molar-refractivity contribution in [1.29, 1.82) is 0 Å². The molecule has 0 bridgehead atoms. The number of nitrogens with zero attached hydrogens (tertiary/aromatic N) is 2. The fourth-order valence-electron chi connectivity index (χ4n) is 4.15. The minimum atomic E-state index is -0.989. The molecular weight excluding hydrogens is 479 g/mol. The SMILES string of the molecule is CC(C)(O)C(C)(C)O[B]c1ccc(-c2nc(-c3ccccc3)nc(-c3ccccc3)c2-c2ccccc2)cc1. The van der Waals surface area contributed by atoms with Crippen LogP contribution in [-0.4, -0.2) is 33.8 Å². The summed E-state index contributed by atoms with van der Waals surface area (Å²) in [4.78, 5) is 10.2. The third-order valence-electron chi connectivity index (χ3n) is 7.20. The summed E-state index contributed by atoms with van der Waals surface area (Å²) in [7, 11) is 1.70. The zero-order valence-electron chi connectivity index (χ0n) is 22.8. The van der Waals surface area contributed by atoms with Crippen LogP contribution in [0.1, 0.15) is 27.7 Å². The summed E-state index contributed by atoms with van der Waals surface area (Å²) in [5.74, 6) is 0.676. The van der Waals surface area contributed by atoms with Gasteiger partial charge in [0.25, 0.3) is 0 Å². The van der Waals surface area contributed by atoms with Gasteiger partial charge in [-0.2, -0.15) is 0 Å². The first-order valence-electron chi connectivity index (χ1n) is 13.1. The average molecular weight is 511 g/mol. The van der Waals surface area contributed by atoms with Gasteiger partial charge in [0.1, 0.15) is 0 Å². The van der Waals surface area contributed by atoms with Gasteiger partial charge in [-0.15, -0.1) is 0 Å². The molecule has 193 valence electrons. The van der Waals surface area contributed by atoms with E-state index in [1.165, 1.54) is 0 Å². The van der Waals surface area contributed by atoms with Crippen LogP contribution < -0.4 is 5.46 Å². The molecule has 0 spiro atoms. The van der Waals surface area contributed by atoms with Crippen LogP contribution in [0.15, 0.2) is 115 Å². The molecule has 0 aliphatic rings. The zero-order chi connectivity index (χ0) is 27.5. The van der Waals surface area contributed by atoms with Gasteiger partial charge in [0, 0.05) is 22.3 Å². The lowest BCUT2D eigenvalue weighted by Gasteiger charge is -2.37. The molecule has 4 aromatic carbocycles. The molecule has 5 rings (SSSR count). The van der Waals surface area contributed by atoms with E-state index in [9.17, 15) is 5.11 Å². The summed E-state index contributed by atoms with van der Waals surface area (Å²) in [5, 5.41) is 10.4. The maximum absolute atomic E-state index is 10.4. The Bertz CT molecular complexity index is 1530. The number of benzene rings is 4. The van der Waals surface area contributed by atoms with Crippen molar-refractivity contribution in [2.45, 2.75) is 38.9 Å². The van der Waals surface area contributed by atoms with Crippen LogP contribution in [0.4, 0.5) is 0 Å². The highest BCUT2D eigenvalue weighted by Crippen LogP contribution is 2.39. The monoisotopic (exact) mass is 511 g/mol. The maximum atomic E-state index is 10.4. The second kappa shape index (κ2) is 11.0. The van der Waals surface area contributed by atoms with Crippen LogP contribution in [0, 0.1) is 0 Å². The fourth-order valence-corrected chi connectivity index (χ4v) is 4.15. The van der Waals surface area contributed by atoms with Gasteiger partial charge >= 0.3 is 7.48 Å². The van der Waals surface area contributed by atoms with E-state index in [-0.39, 0.29) is 0 Å². The van der Waals surface area contributed by atoms with Crippen molar-refractivity contribution in [2.75, 3.05) is 0 Å². The highest BCUT2D eigenvalue weighted by atomic mass is 16.5. The lowest BCUT2D eigenvalue weighted by Crippen LogP contribution is -2.49. The van der Waals surface area contributed by atoms with Gasteiger partial charge in [-0.1, -0.05) is 121 Å². The first-order chi connectivity index (χ1) is 18.7. The van der Waals surface area contributed by atoms with Gasteiger partial charge in [-0.05, 0) is 33.3 Å². The predicted molar refractivity (Wildman–Crippen MR) is 161 cm³/mol. The Labute approximate surface area is 231 Å². The standard InChI is InChI=1S/C34H32BN2O2/c1-33(2,38)34(3,4)39-35-28-22-20-26(21-23-28)31-29(24-14-8-5-9-15-24)30(25-16-10-6-11-17-25)36-32(37-31)27-18-12-7-13-19-27/h5-23,38H,1-4H3. The molecule has 0 aliphatic heterocycles. The number of aromatic nitrogens is 2. The minimum Gasteiger partial charge on any atom is -0.427 e. The Morgan fingerprint density at radius 1 is 0.564 bits per heavy atom. The number of rotatable bonds is 8. The average Bonchev–Trinajstić information content (AvgIpc) is 2.96. The molecule has 4 nitrogen and oxygen atoms in total. The summed E-state index contributed by atoms with van der Waals surface area (Å²) in [6.07, 6.45) is 0. The molecule has 1 radical (unpaired) electrons.